The number of guanidine groups is 1. The topological polar surface area (TPSA) is 75.2 Å². The first kappa shape index (κ1) is 26.6. The summed E-state index contributed by atoms with van der Waals surface area (Å²) in [7, 11) is 1.74. The first-order valence-corrected chi connectivity index (χ1v) is 10.6. The van der Waals surface area contributed by atoms with E-state index in [2.05, 4.69) is 29.5 Å². The van der Waals surface area contributed by atoms with Gasteiger partial charge in [0, 0.05) is 46.4 Å². The third kappa shape index (κ3) is 9.61. The van der Waals surface area contributed by atoms with Crippen LogP contribution in [0, 0.1) is 5.92 Å². The molecule has 0 saturated carbocycles. The molecule has 1 unspecified atom stereocenters. The van der Waals surface area contributed by atoms with E-state index in [4.69, 9.17) is 9.47 Å². The molecule has 7 nitrogen and oxygen atoms in total. The Balaban J connectivity index is 0.00000450. The lowest BCUT2D eigenvalue weighted by molar-refractivity contribution is -0.136. The smallest absolute Gasteiger partial charge is 0.232 e. The van der Waals surface area contributed by atoms with E-state index < -0.39 is 0 Å². The third-order valence-corrected chi connectivity index (χ3v) is 4.73. The summed E-state index contributed by atoms with van der Waals surface area (Å²) >= 11 is 0. The van der Waals surface area contributed by atoms with Crippen molar-refractivity contribution in [3.8, 4) is 0 Å². The van der Waals surface area contributed by atoms with Crippen LogP contribution in [-0.4, -0.2) is 76.4 Å². The molecule has 30 heavy (non-hydrogen) atoms. The number of ether oxygens (including phenoxy) is 2. The number of carbonyl (C=O) groups excluding carboxylic acids is 1. The minimum atomic E-state index is -0.262. The lowest BCUT2D eigenvalue weighted by Gasteiger charge is -2.31. The van der Waals surface area contributed by atoms with E-state index in [-0.39, 0.29) is 35.8 Å². The molecule has 2 N–H and O–H groups in total. The summed E-state index contributed by atoms with van der Waals surface area (Å²) in [6, 6.07) is 9.92. The van der Waals surface area contributed by atoms with E-state index in [1.54, 1.807) is 7.05 Å². The third-order valence-electron chi connectivity index (χ3n) is 4.73. The number of aliphatic imine (C=N–C) groups is 1. The van der Waals surface area contributed by atoms with Crippen molar-refractivity contribution in [1.82, 2.24) is 15.5 Å². The molecule has 0 bridgehead atoms. The number of benzene rings is 1. The van der Waals surface area contributed by atoms with E-state index >= 15 is 0 Å². The molecule has 2 rings (SSSR count). The molecule has 1 aliphatic heterocycles. The van der Waals surface area contributed by atoms with Gasteiger partial charge in [0.2, 0.25) is 5.91 Å². The van der Waals surface area contributed by atoms with Crippen LogP contribution in [0.1, 0.15) is 31.7 Å². The fourth-order valence-electron chi connectivity index (χ4n) is 3.16. The summed E-state index contributed by atoms with van der Waals surface area (Å²) < 4.78 is 11.0. The Morgan fingerprint density at radius 1 is 1.20 bits per heavy atom. The van der Waals surface area contributed by atoms with E-state index in [9.17, 15) is 4.79 Å². The number of rotatable bonds is 10. The van der Waals surface area contributed by atoms with Crippen LogP contribution >= 0.6 is 24.0 Å². The van der Waals surface area contributed by atoms with Crippen LogP contribution < -0.4 is 10.6 Å². The van der Waals surface area contributed by atoms with Crippen LogP contribution in [0.2, 0.25) is 0 Å². The van der Waals surface area contributed by atoms with Crippen LogP contribution in [0.3, 0.4) is 0 Å². The number of morpholine rings is 1. The lowest BCUT2D eigenvalue weighted by Crippen LogP contribution is -2.47. The van der Waals surface area contributed by atoms with Gasteiger partial charge in [-0.3, -0.25) is 9.79 Å². The minimum absolute atomic E-state index is 0. The standard InChI is InChI=1S/C22H36N4O3.HI/c1-18(2)17-29-13-7-10-24-22(23-3)25-16-20(19-8-5-4-6-9-19)21(27)26-11-14-28-15-12-26;/h4-6,8-9,18,20H,7,10-17H2,1-3H3,(H2,23,24,25);1H. The molecule has 170 valence electrons. The normalized spacial score (nSPS) is 15.5. The molecule has 8 heteroatoms. The summed E-state index contributed by atoms with van der Waals surface area (Å²) in [6.07, 6.45) is 0.905. The molecule has 0 radical (unpaired) electrons. The summed E-state index contributed by atoms with van der Waals surface area (Å²) in [4.78, 5) is 19.3. The van der Waals surface area contributed by atoms with Gasteiger partial charge in [-0.15, -0.1) is 24.0 Å². The van der Waals surface area contributed by atoms with Gasteiger partial charge in [-0.05, 0) is 17.9 Å². The number of nitrogens with one attached hydrogen (secondary N) is 2. The second-order valence-corrected chi connectivity index (χ2v) is 7.60. The predicted molar refractivity (Wildman–Crippen MR) is 132 cm³/mol. The van der Waals surface area contributed by atoms with Crippen molar-refractivity contribution in [3.05, 3.63) is 35.9 Å². The average molecular weight is 532 g/mol. The molecule has 1 aromatic carbocycles. The highest BCUT2D eigenvalue weighted by molar-refractivity contribution is 14.0. The Hall–Kier alpha value is -1.39. The Morgan fingerprint density at radius 2 is 1.90 bits per heavy atom. The van der Waals surface area contributed by atoms with Gasteiger partial charge in [-0.25, -0.2) is 0 Å². The molecule has 0 aliphatic carbocycles. The van der Waals surface area contributed by atoms with Gasteiger partial charge in [-0.1, -0.05) is 44.2 Å². The summed E-state index contributed by atoms with van der Waals surface area (Å²) in [5.41, 5.74) is 1.01. The molecule has 1 amide bonds. The molecule has 1 heterocycles. The summed E-state index contributed by atoms with van der Waals surface area (Å²) in [5, 5.41) is 6.61. The molecule has 1 fully saturated rings. The maximum atomic E-state index is 13.1. The number of halogens is 1. The van der Waals surface area contributed by atoms with Crippen LogP contribution in [0.25, 0.3) is 0 Å². The number of hydrogen-bond acceptors (Lipinski definition) is 4. The molecular weight excluding hydrogens is 495 g/mol. The van der Waals surface area contributed by atoms with Crippen LogP contribution in [0.5, 0.6) is 0 Å². The molecule has 1 saturated heterocycles. The number of hydrogen-bond donors (Lipinski definition) is 2. The molecule has 1 atom stereocenters. The summed E-state index contributed by atoms with van der Waals surface area (Å²) in [6.45, 7) is 9.55. The second kappa shape index (κ2) is 15.4. The zero-order valence-corrected chi connectivity index (χ0v) is 20.8. The fraction of sp³-hybridized carbons (Fsp3) is 0.636. The Kier molecular flexibility index (Phi) is 13.7. The fourth-order valence-corrected chi connectivity index (χ4v) is 3.16. The van der Waals surface area contributed by atoms with Crippen molar-refractivity contribution in [3.63, 3.8) is 0 Å². The Bertz CT molecular complexity index is 622. The average Bonchev–Trinajstić information content (AvgIpc) is 2.75. The summed E-state index contributed by atoms with van der Waals surface area (Å²) in [5.74, 6) is 1.12. The van der Waals surface area contributed by atoms with E-state index in [1.807, 2.05) is 35.2 Å². The number of nitrogens with zero attached hydrogens (tertiary/aromatic N) is 2. The van der Waals surface area contributed by atoms with Gasteiger partial charge in [0.25, 0.3) is 0 Å². The maximum absolute atomic E-state index is 13.1. The highest BCUT2D eigenvalue weighted by Gasteiger charge is 2.27. The minimum Gasteiger partial charge on any atom is -0.381 e. The van der Waals surface area contributed by atoms with Crippen molar-refractivity contribution < 1.29 is 14.3 Å². The van der Waals surface area contributed by atoms with Gasteiger partial charge >= 0.3 is 0 Å². The van der Waals surface area contributed by atoms with E-state index in [0.717, 1.165) is 31.7 Å². The molecular formula is C22H37IN4O3. The SMILES string of the molecule is CN=C(NCCCOCC(C)C)NCC(C(=O)N1CCOCC1)c1ccccc1.I. The van der Waals surface area contributed by atoms with Crippen molar-refractivity contribution in [1.29, 1.82) is 0 Å². The highest BCUT2D eigenvalue weighted by atomic mass is 127. The van der Waals surface area contributed by atoms with Crippen LogP contribution in [0.4, 0.5) is 0 Å². The first-order chi connectivity index (χ1) is 14.1. The monoisotopic (exact) mass is 532 g/mol. The quantitative estimate of drug-likeness (QED) is 0.210. The van der Waals surface area contributed by atoms with Gasteiger partial charge in [0.05, 0.1) is 19.1 Å². The zero-order chi connectivity index (χ0) is 20.9. The Labute approximate surface area is 198 Å². The Morgan fingerprint density at radius 3 is 2.53 bits per heavy atom. The largest absolute Gasteiger partial charge is 0.381 e. The van der Waals surface area contributed by atoms with Crippen molar-refractivity contribution in [2.45, 2.75) is 26.2 Å². The molecule has 0 spiro atoms. The predicted octanol–water partition coefficient (Wildman–Crippen LogP) is 2.47. The molecule has 0 aromatic heterocycles. The van der Waals surface area contributed by atoms with Gasteiger partial charge in [0.1, 0.15) is 0 Å². The van der Waals surface area contributed by atoms with Gasteiger partial charge < -0.3 is 25.0 Å². The van der Waals surface area contributed by atoms with E-state index in [1.165, 1.54) is 0 Å². The highest BCUT2D eigenvalue weighted by Crippen LogP contribution is 2.18. The van der Waals surface area contributed by atoms with Crippen LogP contribution in [0.15, 0.2) is 35.3 Å². The zero-order valence-electron chi connectivity index (χ0n) is 18.4. The van der Waals surface area contributed by atoms with Crippen molar-refractivity contribution in [2.75, 3.05) is 59.7 Å². The van der Waals surface area contributed by atoms with Crippen molar-refractivity contribution in [2.24, 2.45) is 10.9 Å². The number of amides is 1. The first-order valence-electron chi connectivity index (χ1n) is 10.6. The second-order valence-electron chi connectivity index (χ2n) is 7.60. The van der Waals surface area contributed by atoms with E-state index in [0.29, 0.717) is 44.7 Å². The van der Waals surface area contributed by atoms with Crippen LogP contribution in [-0.2, 0) is 14.3 Å². The number of carbonyl (C=O) groups is 1. The maximum Gasteiger partial charge on any atom is 0.232 e. The van der Waals surface area contributed by atoms with Gasteiger partial charge in [-0.2, -0.15) is 0 Å². The van der Waals surface area contributed by atoms with Crippen molar-refractivity contribution >= 4 is 35.8 Å². The molecule has 1 aromatic rings. The molecule has 1 aliphatic rings. The van der Waals surface area contributed by atoms with Gasteiger partial charge in [0.15, 0.2) is 5.96 Å². The lowest BCUT2D eigenvalue weighted by atomic mass is 9.97.